The van der Waals surface area contributed by atoms with Crippen LogP contribution in [0, 0.1) is 0 Å². The number of unbranched alkanes of at least 4 members (excludes halogenated alkanes) is 3. The van der Waals surface area contributed by atoms with Crippen LogP contribution < -0.4 is 15.4 Å². The number of hydrogen-bond acceptors (Lipinski definition) is 5. The van der Waals surface area contributed by atoms with Gasteiger partial charge in [0.25, 0.3) is 0 Å². The van der Waals surface area contributed by atoms with Gasteiger partial charge in [-0.25, -0.2) is 0 Å². The van der Waals surface area contributed by atoms with Crippen molar-refractivity contribution in [3.05, 3.63) is 65.4 Å². The van der Waals surface area contributed by atoms with Crippen molar-refractivity contribution in [2.75, 3.05) is 25.5 Å². The molecule has 1 aromatic heterocycles. The number of nitrogens with zero attached hydrogens (tertiary/aromatic N) is 1. The van der Waals surface area contributed by atoms with Gasteiger partial charge in [-0.3, -0.25) is 9.78 Å². The molecule has 1 heterocycles. The smallest absolute Gasteiger partial charge is 0.243 e. The van der Waals surface area contributed by atoms with Crippen LogP contribution in [0.5, 0.6) is 11.5 Å². The Kier molecular flexibility index (Phi) is 8.60. The number of fused-ring (bicyclic) bond motifs is 2. The monoisotopic (exact) mass is 473 g/mol. The lowest BCUT2D eigenvalue weighted by atomic mass is 9.92. The highest BCUT2D eigenvalue weighted by atomic mass is 16.5. The number of anilines is 1. The van der Waals surface area contributed by atoms with Gasteiger partial charge in [-0.1, -0.05) is 37.1 Å². The molecular formula is C29H35N3O3. The Bertz CT molecular complexity index is 1190. The Balaban J connectivity index is 1.16. The Morgan fingerprint density at radius 1 is 1.06 bits per heavy atom. The number of amides is 1. The van der Waals surface area contributed by atoms with Crippen molar-refractivity contribution >= 4 is 28.6 Å². The number of phenols is 1. The third-order valence-electron chi connectivity index (χ3n) is 6.50. The van der Waals surface area contributed by atoms with Gasteiger partial charge in [0.05, 0.1) is 12.6 Å². The Morgan fingerprint density at radius 2 is 1.86 bits per heavy atom. The van der Waals surface area contributed by atoms with Gasteiger partial charge in [0.2, 0.25) is 5.91 Å². The quantitative estimate of drug-likeness (QED) is 0.248. The number of phenolic OH excluding ortho intramolecular Hbond substituents is 1. The van der Waals surface area contributed by atoms with E-state index in [9.17, 15) is 9.90 Å². The van der Waals surface area contributed by atoms with Crippen molar-refractivity contribution in [1.82, 2.24) is 10.3 Å². The summed E-state index contributed by atoms with van der Waals surface area (Å²) in [5, 5.41) is 17.5. The van der Waals surface area contributed by atoms with Gasteiger partial charge in [0, 0.05) is 35.9 Å². The van der Waals surface area contributed by atoms with Gasteiger partial charge in [-0.2, -0.15) is 0 Å². The zero-order chi connectivity index (χ0) is 24.5. The second-order valence-corrected chi connectivity index (χ2v) is 9.03. The minimum Gasteiger partial charge on any atom is -0.504 e. The lowest BCUT2D eigenvalue weighted by molar-refractivity contribution is -0.116. The highest BCUT2D eigenvalue weighted by molar-refractivity contribution is 5.93. The minimum absolute atomic E-state index is 0.0813. The van der Waals surface area contributed by atoms with Gasteiger partial charge in [-0.15, -0.1) is 0 Å². The molecule has 1 amide bonds. The van der Waals surface area contributed by atoms with E-state index in [1.165, 1.54) is 48.4 Å². The highest BCUT2D eigenvalue weighted by Crippen LogP contribution is 2.33. The van der Waals surface area contributed by atoms with Gasteiger partial charge in [0.15, 0.2) is 11.5 Å². The molecule has 0 spiro atoms. The van der Waals surface area contributed by atoms with Crippen molar-refractivity contribution < 1.29 is 14.6 Å². The third kappa shape index (κ3) is 6.53. The summed E-state index contributed by atoms with van der Waals surface area (Å²) in [6, 6.07) is 13.4. The third-order valence-corrected chi connectivity index (χ3v) is 6.50. The van der Waals surface area contributed by atoms with E-state index >= 15 is 0 Å². The molecule has 184 valence electrons. The maximum Gasteiger partial charge on any atom is 0.243 e. The first kappa shape index (κ1) is 24.6. The van der Waals surface area contributed by atoms with Crippen molar-refractivity contribution in [3.8, 4) is 11.5 Å². The lowest BCUT2D eigenvalue weighted by Gasteiger charge is -2.21. The van der Waals surface area contributed by atoms with Crippen LogP contribution in [0.25, 0.3) is 17.0 Å². The SMILES string of the molecule is COc1cc(/C=C/C(=O)NCCCCCCNc2c3c(nc4ccccc24)CCCC3)ccc1O. The minimum atomic E-state index is -0.118. The summed E-state index contributed by atoms with van der Waals surface area (Å²) in [7, 11) is 1.50. The molecule has 1 aliphatic rings. The molecule has 3 aromatic rings. The molecule has 35 heavy (non-hydrogen) atoms. The van der Waals surface area contributed by atoms with Gasteiger partial charge < -0.3 is 20.5 Å². The first-order valence-electron chi connectivity index (χ1n) is 12.6. The Labute approximate surface area is 207 Å². The zero-order valence-electron chi connectivity index (χ0n) is 20.5. The van der Waals surface area contributed by atoms with E-state index in [1.54, 1.807) is 24.3 Å². The number of carbonyl (C=O) groups excluding carboxylic acids is 1. The van der Waals surface area contributed by atoms with Crippen molar-refractivity contribution in [3.63, 3.8) is 0 Å². The number of rotatable bonds is 11. The standard InChI is InChI=1S/C29H35N3O3/c1-35-27-20-21(14-16-26(27)33)15-17-28(34)30-18-8-2-3-9-19-31-29-22-10-4-6-12-24(22)32-25-13-7-5-11-23(25)29/h4,6,10,12,14-17,20,33H,2-3,5,7-9,11,13,18-19H2,1H3,(H,30,34)(H,31,32)/b17-15+. The van der Waals surface area contributed by atoms with Gasteiger partial charge in [0.1, 0.15) is 0 Å². The first-order chi connectivity index (χ1) is 17.2. The summed E-state index contributed by atoms with van der Waals surface area (Å²) in [4.78, 5) is 17.0. The van der Waals surface area contributed by atoms with Crippen LogP contribution in [-0.2, 0) is 17.6 Å². The topological polar surface area (TPSA) is 83.5 Å². The number of hydrogen-bond donors (Lipinski definition) is 3. The largest absolute Gasteiger partial charge is 0.504 e. The average Bonchev–Trinajstić information content (AvgIpc) is 2.89. The molecule has 3 N–H and O–H groups in total. The number of nitrogens with one attached hydrogen (secondary N) is 2. The van der Waals surface area contributed by atoms with Crippen LogP contribution in [0.2, 0.25) is 0 Å². The Hall–Kier alpha value is -3.54. The van der Waals surface area contributed by atoms with Gasteiger partial charge >= 0.3 is 0 Å². The molecule has 1 aliphatic carbocycles. The van der Waals surface area contributed by atoms with Crippen LogP contribution in [0.15, 0.2) is 48.5 Å². The molecule has 4 rings (SSSR count). The predicted octanol–water partition coefficient (Wildman–Crippen LogP) is 5.63. The van der Waals surface area contributed by atoms with E-state index in [2.05, 4.69) is 34.9 Å². The van der Waals surface area contributed by atoms with E-state index < -0.39 is 0 Å². The molecular weight excluding hydrogens is 438 g/mol. The number of para-hydroxylation sites is 1. The second-order valence-electron chi connectivity index (χ2n) is 9.03. The van der Waals surface area contributed by atoms with Crippen molar-refractivity contribution in [2.45, 2.75) is 51.4 Å². The summed E-state index contributed by atoms with van der Waals surface area (Å²) in [6.07, 6.45) is 12.2. The zero-order valence-corrected chi connectivity index (χ0v) is 20.5. The highest BCUT2D eigenvalue weighted by Gasteiger charge is 2.17. The first-order valence-corrected chi connectivity index (χ1v) is 12.6. The fourth-order valence-corrected chi connectivity index (χ4v) is 4.63. The number of benzene rings is 2. The molecule has 0 saturated carbocycles. The summed E-state index contributed by atoms with van der Waals surface area (Å²) in [5.41, 5.74) is 5.86. The Morgan fingerprint density at radius 3 is 2.71 bits per heavy atom. The summed E-state index contributed by atoms with van der Waals surface area (Å²) >= 11 is 0. The van der Waals surface area contributed by atoms with E-state index in [4.69, 9.17) is 9.72 Å². The molecule has 0 radical (unpaired) electrons. The lowest BCUT2D eigenvalue weighted by Crippen LogP contribution is -2.22. The molecule has 6 nitrogen and oxygen atoms in total. The maximum atomic E-state index is 12.1. The number of ether oxygens (including phenoxy) is 1. The van der Waals surface area contributed by atoms with E-state index in [1.807, 2.05) is 0 Å². The number of aryl methyl sites for hydroxylation is 1. The summed E-state index contributed by atoms with van der Waals surface area (Å²) in [5.74, 6) is 0.352. The molecule has 0 unspecified atom stereocenters. The molecule has 0 saturated heterocycles. The van der Waals surface area contributed by atoms with Gasteiger partial charge in [-0.05, 0) is 73.9 Å². The number of methoxy groups -OCH3 is 1. The molecule has 6 heteroatoms. The van der Waals surface area contributed by atoms with Crippen LogP contribution in [0.1, 0.15) is 55.3 Å². The van der Waals surface area contributed by atoms with E-state index in [0.717, 1.165) is 56.1 Å². The van der Waals surface area contributed by atoms with Crippen LogP contribution in [-0.4, -0.2) is 36.2 Å². The number of aromatic nitrogens is 1. The fourth-order valence-electron chi connectivity index (χ4n) is 4.63. The van der Waals surface area contributed by atoms with Crippen molar-refractivity contribution in [1.29, 1.82) is 0 Å². The van der Waals surface area contributed by atoms with Crippen LogP contribution in [0.3, 0.4) is 0 Å². The molecule has 0 atom stereocenters. The average molecular weight is 474 g/mol. The predicted molar refractivity (Wildman–Crippen MR) is 142 cm³/mol. The maximum absolute atomic E-state index is 12.1. The fraction of sp³-hybridized carbons (Fsp3) is 0.379. The molecule has 0 fully saturated rings. The van der Waals surface area contributed by atoms with Crippen LogP contribution >= 0.6 is 0 Å². The molecule has 0 bridgehead atoms. The molecule has 0 aliphatic heterocycles. The van der Waals surface area contributed by atoms with E-state index in [-0.39, 0.29) is 11.7 Å². The second kappa shape index (κ2) is 12.2. The van der Waals surface area contributed by atoms with E-state index in [0.29, 0.717) is 12.3 Å². The molecule has 2 aromatic carbocycles. The summed E-state index contributed by atoms with van der Waals surface area (Å²) in [6.45, 7) is 1.61. The number of pyridine rings is 1. The number of carbonyl (C=O) groups is 1. The summed E-state index contributed by atoms with van der Waals surface area (Å²) < 4.78 is 5.09. The number of aromatic hydroxyl groups is 1. The van der Waals surface area contributed by atoms with Crippen molar-refractivity contribution in [2.24, 2.45) is 0 Å². The normalized spacial score (nSPS) is 13.1. The van der Waals surface area contributed by atoms with Crippen LogP contribution in [0.4, 0.5) is 5.69 Å².